The minimum atomic E-state index is 0.000463. The van der Waals surface area contributed by atoms with Crippen LogP contribution in [0.4, 0.5) is 0 Å². The molecular formula is C13H25N3. The van der Waals surface area contributed by atoms with E-state index in [0.717, 1.165) is 26.1 Å². The van der Waals surface area contributed by atoms with Gasteiger partial charge in [0.15, 0.2) is 0 Å². The molecule has 3 heteroatoms. The summed E-state index contributed by atoms with van der Waals surface area (Å²) in [5.41, 5.74) is 0. The van der Waals surface area contributed by atoms with Crippen molar-refractivity contribution in [3.8, 4) is 6.07 Å². The van der Waals surface area contributed by atoms with E-state index < -0.39 is 0 Å². The fourth-order valence-electron chi connectivity index (χ4n) is 2.31. The van der Waals surface area contributed by atoms with Gasteiger partial charge in [-0.25, -0.2) is 0 Å². The van der Waals surface area contributed by atoms with Gasteiger partial charge >= 0.3 is 0 Å². The van der Waals surface area contributed by atoms with Crippen LogP contribution in [0.15, 0.2) is 0 Å². The monoisotopic (exact) mass is 223 g/mol. The lowest BCUT2D eigenvalue weighted by atomic mass is 10.1. The molecule has 0 aromatic carbocycles. The van der Waals surface area contributed by atoms with Gasteiger partial charge in [0.2, 0.25) is 0 Å². The summed E-state index contributed by atoms with van der Waals surface area (Å²) in [7, 11) is 0. The quantitative estimate of drug-likeness (QED) is 0.776. The van der Waals surface area contributed by atoms with Crippen LogP contribution in [0.5, 0.6) is 0 Å². The van der Waals surface area contributed by atoms with Gasteiger partial charge in [-0.3, -0.25) is 4.90 Å². The summed E-state index contributed by atoms with van der Waals surface area (Å²) in [5.74, 6) is 0. The van der Waals surface area contributed by atoms with Crippen LogP contribution in [0, 0.1) is 11.3 Å². The van der Waals surface area contributed by atoms with Crippen molar-refractivity contribution >= 4 is 0 Å². The van der Waals surface area contributed by atoms with Gasteiger partial charge in [-0.1, -0.05) is 19.8 Å². The normalized spacial score (nSPS) is 24.7. The summed E-state index contributed by atoms with van der Waals surface area (Å²) in [6.07, 6.45) is 6.35. The van der Waals surface area contributed by atoms with Crippen LogP contribution in [-0.4, -0.2) is 36.6 Å². The number of likely N-dealkylation sites (tertiary alicyclic amines) is 1. The second-order valence-corrected chi connectivity index (χ2v) is 4.83. The van der Waals surface area contributed by atoms with Gasteiger partial charge in [-0.2, -0.15) is 5.26 Å². The van der Waals surface area contributed by atoms with Crippen molar-refractivity contribution in [1.29, 1.82) is 5.26 Å². The third-order valence-corrected chi connectivity index (χ3v) is 3.40. The molecule has 1 aliphatic rings. The molecule has 0 aliphatic carbocycles. The summed E-state index contributed by atoms with van der Waals surface area (Å²) in [6, 6.07) is 3.01. The Kier molecular flexibility index (Phi) is 6.44. The van der Waals surface area contributed by atoms with Crippen LogP contribution < -0.4 is 5.32 Å². The third kappa shape index (κ3) is 4.51. The maximum absolute atomic E-state index is 9.10. The van der Waals surface area contributed by atoms with Crippen LogP contribution in [0.3, 0.4) is 0 Å². The molecule has 1 rings (SSSR count). The van der Waals surface area contributed by atoms with E-state index in [1.54, 1.807) is 0 Å². The lowest BCUT2D eigenvalue weighted by Crippen LogP contribution is -2.44. The molecule has 1 fully saturated rings. The number of nitrogens with one attached hydrogen (secondary N) is 1. The number of rotatable bonds is 5. The fraction of sp³-hybridized carbons (Fsp3) is 0.923. The minimum absolute atomic E-state index is 0.000463. The topological polar surface area (TPSA) is 39.1 Å². The average Bonchev–Trinajstić information content (AvgIpc) is 2.50. The molecule has 1 aliphatic heterocycles. The highest BCUT2D eigenvalue weighted by Gasteiger charge is 2.19. The Balaban J connectivity index is 2.39. The Morgan fingerprint density at radius 1 is 1.44 bits per heavy atom. The van der Waals surface area contributed by atoms with Gasteiger partial charge in [0.05, 0.1) is 6.07 Å². The van der Waals surface area contributed by atoms with Gasteiger partial charge in [0, 0.05) is 12.6 Å². The van der Waals surface area contributed by atoms with Gasteiger partial charge in [0.25, 0.3) is 0 Å². The summed E-state index contributed by atoms with van der Waals surface area (Å²) >= 11 is 0. The molecular weight excluding hydrogens is 198 g/mol. The first kappa shape index (κ1) is 13.5. The van der Waals surface area contributed by atoms with E-state index in [1.807, 2.05) is 0 Å². The van der Waals surface area contributed by atoms with Crippen molar-refractivity contribution in [3.63, 3.8) is 0 Å². The van der Waals surface area contributed by atoms with Crippen molar-refractivity contribution < 1.29 is 0 Å². The smallest absolute Gasteiger partial charge is 0.108 e. The lowest BCUT2D eigenvalue weighted by Gasteiger charge is -2.28. The number of nitrogens with zero attached hydrogens (tertiary/aromatic N) is 2. The van der Waals surface area contributed by atoms with E-state index in [-0.39, 0.29) is 6.04 Å². The van der Waals surface area contributed by atoms with E-state index >= 15 is 0 Å². The minimum Gasteiger partial charge on any atom is -0.301 e. The highest BCUT2D eigenvalue weighted by molar-refractivity contribution is 4.93. The van der Waals surface area contributed by atoms with E-state index in [4.69, 9.17) is 5.26 Å². The van der Waals surface area contributed by atoms with Crippen LogP contribution in [0.2, 0.25) is 0 Å². The highest BCUT2D eigenvalue weighted by atomic mass is 15.2. The second kappa shape index (κ2) is 7.65. The number of nitriles is 1. The molecule has 3 nitrogen and oxygen atoms in total. The maximum Gasteiger partial charge on any atom is 0.108 e. The van der Waals surface area contributed by atoms with Crippen molar-refractivity contribution in [3.05, 3.63) is 0 Å². The van der Waals surface area contributed by atoms with Gasteiger partial charge in [0.1, 0.15) is 6.04 Å². The predicted molar refractivity (Wildman–Crippen MR) is 67.2 cm³/mol. The molecule has 1 saturated heterocycles. The molecule has 92 valence electrons. The Morgan fingerprint density at radius 2 is 2.25 bits per heavy atom. The molecule has 2 atom stereocenters. The summed E-state index contributed by atoms with van der Waals surface area (Å²) in [4.78, 5) is 2.48. The lowest BCUT2D eigenvalue weighted by molar-refractivity contribution is 0.202. The number of hydrogen-bond acceptors (Lipinski definition) is 3. The van der Waals surface area contributed by atoms with Crippen molar-refractivity contribution in [2.24, 2.45) is 0 Å². The van der Waals surface area contributed by atoms with Crippen LogP contribution in [0.25, 0.3) is 0 Å². The molecule has 0 bridgehead atoms. The third-order valence-electron chi connectivity index (χ3n) is 3.40. The van der Waals surface area contributed by atoms with Crippen molar-refractivity contribution in [2.45, 2.75) is 58.0 Å². The average molecular weight is 223 g/mol. The molecule has 16 heavy (non-hydrogen) atoms. The molecule has 0 aromatic rings. The second-order valence-electron chi connectivity index (χ2n) is 4.83. The number of hydrogen-bond donors (Lipinski definition) is 1. The summed E-state index contributed by atoms with van der Waals surface area (Å²) in [6.45, 7) is 7.42. The summed E-state index contributed by atoms with van der Waals surface area (Å²) < 4.78 is 0. The first-order chi connectivity index (χ1) is 7.77. The maximum atomic E-state index is 9.10. The molecule has 0 spiro atoms. The first-order valence-electron chi connectivity index (χ1n) is 6.65. The Bertz CT molecular complexity index is 222. The van der Waals surface area contributed by atoms with Gasteiger partial charge in [-0.15, -0.1) is 0 Å². The van der Waals surface area contributed by atoms with Crippen LogP contribution in [-0.2, 0) is 0 Å². The summed E-state index contributed by atoms with van der Waals surface area (Å²) in [5, 5.41) is 12.4. The fourth-order valence-corrected chi connectivity index (χ4v) is 2.31. The Morgan fingerprint density at radius 3 is 2.94 bits per heavy atom. The van der Waals surface area contributed by atoms with Crippen molar-refractivity contribution in [1.82, 2.24) is 10.2 Å². The molecule has 1 heterocycles. The molecule has 0 saturated carbocycles. The van der Waals surface area contributed by atoms with Crippen LogP contribution >= 0.6 is 0 Å². The molecule has 0 radical (unpaired) electrons. The SMILES string of the molecule is CCCNC(C#N)CN1CCCCCC1C. The van der Waals surface area contributed by atoms with Crippen LogP contribution in [0.1, 0.15) is 46.0 Å². The van der Waals surface area contributed by atoms with E-state index in [2.05, 4.69) is 30.1 Å². The van der Waals surface area contributed by atoms with E-state index in [1.165, 1.54) is 25.7 Å². The molecule has 0 amide bonds. The van der Waals surface area contributed by atoms with E-state index in [9.17, 15) is 0 Å². The standard InChI is InChI=1S/C13H25N3/c1-3-8-15-13(10-14)11-16-9-6-4-5-7-12(16)2/h12-13,15H,3-9,11H2,1-2H3. The largest absolute Gasteiger partial charge is 0.301 e. The molecule has 1 N–H and O–H groups in total. The molecule has 0 aromatic heterocycles. The van der Waals surface area contributed by atoms with E-state index in [0.29, 0.717) is 6.04 Å². The highest BCUT2D eigenvalue weighted by Crippen LogP contribution is 2.16. The van der Waals surface area contributed by atoms with Crippen molar-refractivity contribution in [2.75, 3.05) is 19.6 Å². The Labute approximate surface area is 99.8 Å². The zero-order valence-corrected chi connectivity index (χ0v) is 10.7. The predicted octanol–water partition coefficient (Wildman–Crippen LogP) is 2.14. The Hall–Kier alpha value is -0.590. The van der Waals surface area contributed by atoms with Gasteiger partial charge in [-0.05, 0) is 39.3 Å². The first-order valence-corrected chi connectivity index (χ1v) is 6.65. The van der Waals surface area contributed by atoms with Gasteiger partial charge < -0.3 is 5.32 Å². The zero-order valence-electron chi connectivity index (χ0n) is 10.7. The zero-order chi connectivity index (χ0) is 11.8. The molecule has 2 unspecified atom stereocenters.